The molecule has 2 unspecified atom stereocenters. The van der Waals surface area contributed by atoms with Crippen LogP contribution in [0.4, 0.5) is 0 Å². The van der Waals surface area contributed by atoms with Gasteiger partial charge in [0.2, 0.25) is 0 Å². The molecule has 1 rings (SSSR count). The van der Waals surface area contributed by atoms with Crippen LogP contribution < -0.4 is 0 Å². The summed E-state index contributed by atoms with van der Waals surface area (Å²) >= 11 is 0. The highest BCUT2D eigenvalue weighted by molar-refractivity contribution is 5.80. The standard InChI is InChI=1S/C12H23NO2/c1-5-10-6-7-13(8-12(10,3)4)11(15)9(2)14/h9-10,14H,5-8H2,1-4H3. The molecule has 0 saturated carbocycles. The van der Waals surface area contributed by atoms with E-state index >= 15 is 0 Å². The summed E-state index contributed by atoms with van der Waals surface area (Å²) in [6.45, 7) is 9.74. The first-order valence-electron chi connectivity index (χ1n) is 5.85. The molecule has 1 aliphatic heterocycles. The van der Waals surface area contributed by atoms with Gasteiger partial charge in [-0.3, -0.25) is 4.79 Å². The molecule has 1 N–H and O–H groups in total. The number of hydrogen-bond acceptors (Lipinski definition) is 2. The van der Waals surface area contributed by atoms with Crippen molar-refractivity contribution in [2.75, 3.05) is 13.1 Å². The highest BCUT2D eigenvalue weighted by atomic mass is 16.3. The fourth-order valence-electron chi connectivity index (χ4n) is 2.61. The molecule has 1 fully saturated rings. The predicted octanol–water partition coefficient (Wildman–Crippen LogP) is 1.65. The zero-order chi connectivity index (χ0) is 11.6. The average molecular weight is 213 g/mol. The van der Waals surface area contributed by atoms with E-state index in [-0.39, 0.29) is 11.3 Å². The Labute approximate surface area is 92.5 Å². The van der Waals surface area contributed by atoms with Gasteiger partial charge >= 0.3 is 0 Å². The Kier molecular flexibility index (Phi) is 3.77. The van der Waals surface area contributed by atoms with E-state index in [9.17, 15) is 9.90 Å². The Hall–Kier alpha value is -0.570. The minimum Gasteiger partial charge on any atom is -0.384 e. The fourth-order valence-corrected chi connectivity index (χ4v) is 2.61. The zero-order valence-electron chi connectivity index (χ0n) is 10.3. The Balaban J connectivity index is 2.66. The summed E-state index contributed by atoms with van der Waals surface area (Å²) in [5, 5.41) is 9.28. The van der Waals surface area contributed by atoms with Crippen molar-refractivity contribution < 1.29 is 9.90 Å². The van der Waals surface area contributed by atoms with Crippen LogP contribution in [0.15, 0.2) is 0 Å². The van der Waals surface area contributed by atoms with E-state index < -0.39 is 6.10 Å². The molecule has 0 spiro atoms. The van der Waals surface area contributed by atoms with E-state index in [0.29, 0.717) is 5.92 Å². The van der Waals surface area contributed by atoms with Gasteiger partial charge in [0.15, 0.2) is 0 Å². The molecule has 1 amide bonds. The molecule has 1 heterocycles. The number of carbonyl (C=O) groups excluding carboxylic acids is 1. The van der Waals surface area contributed by atoms with Gasteiger partial charge < -0.3 is 10.0 Å². The molecule has 0 radical (unpaired) electrons. The molecule has 0 bridgehead atoms. The van der Waals surface area contributed by atoms with E-state index in [2.05, 4.69) is 20.8 Å². The lowest BCUT2D eigenvalue weighted by Gasteiger charge is -2.44. The molecule has 1 saturated heterocycles. The molecular formula is C12H23NO2. The van der Waals surface area contributed by atoms with Crippen LogP contribution in [-0.4, -0.2) is 35.1 Å². The van der Waals surface area contributed by atoms with Gasteiger partial charge in [-0.1, -0.05) is 27.2 Å². The monoisotopic (exact) mass is 213 g/mol. The summed E-state index contributed by atoms with van der Waals surface area (Å²) in [6.07, 6.45) is 1.37. The van der Waals surface area contributed by atoms with E-state index in [1.165, 1.54) is 6.42 Å². The third-order valence-electron chi connectivity index (χ3n) is 3.61. The van der Waals surface area contributed by atoms with E-state index in [0.717, 1.165) is 19.5 Å². The van der Waals surface area contributed by atoms with Crippen molar-refractivity contribution in [3.8, 4) is 0 Å². The minimum absolute atomic E-state index is 0.127. The number of hydrogen-bond donors (Lipinski definition) is 1. The molecule has 88 valence electrons. The molecular weight excluding hydrogens is 190 g/mol. The first kappa shape index (κ1) is 12.5. The highest BCUT2D eigenvalue weighted by Gasteiger charge is 2.36. The Morgan fingerprint density at radius 3 is 2.60 bits per heavy atom. The minimum atomic E-state index is -0.862. The van der Waals surface area contributed by atoms with Crippen LogP contribution in [0.1, 0.15) is 40.5 Å². The van der Waals surface area contributed by atoms with Crippen molar-refractivity contribution in [2.45, 2.75) is 46.6 Å². The van der Waals surface area contributed by atoms with Gasteiger partial charge in [-0.2, -0.15) is 0 Å². The summed E-state index contributed by atoms with van der Waals surface area (Å²) in [5.41, 5.74) is 0.178. The Morgan fingerprint density at radius 1 is 1.60 bits per heavy atom. The third-order valence-corrected chi connectivity index (χ3v) is 3.61. The maximum absolute atomic E-state index is 11.7. The molecule has 0 aliphatic carbocycles. The van der Waals surface area contributed by atoms with Crippen molar-refractivity contribution in [3.63, 3.8) is 0 Å². The van der Waals surface area contributed by atoms with E-state index in [1.807, 2.05) is 0 Å². The van der Waals surface area contributed by atoms with Crippen LogP contribution in [-0.2, 0) is 4.79 Å². The second-order valence-electron chi connectivity index (χ2n) is 5.32. The van der Waals surface area contributed by atoms with Crippen molar-refractivity contribution in [1.82, 2.24) is 4.90 Å². The van der Waals surface area contributed by atoms with Gasteiger partial charge in [0.05, 0.1) is 0 Å². The van der Waals surface area contributed by atoms with Crippen molar-refractivity contribution >= 4 is 5.91 Å². The topological polar surface area (TPSA) is 40.5 Å². The van der Waals surface area contributed by atoms with Crippen molar-refractivity contribution in [3.05, 3.63) is 0 Å². The summed E-state index contributed by atoms with van der Waals surface area (Å²) in [5.74, 6) is 0.563. The molecule has 3 nitrogen and oxygen atoms in total. The van der Waals surface area contributed by atoms with Gasteiger partial charge in [0, 0.05) is 13.1 Å². The molecule has 15 heavy (non-hydrogen) atoms. The lowest BCUT2D eigenvalue weighted by atomic mass is 9.72. The largest absolute Gasteiger partial charge is 0.384 e. The quantitative estimate of drug-likeness (QED) is 0.757. The maximum Gasteiger partial charge on any atom is 0.251 e. The molecule has 2 atom stereocenters. The summed E-state index contributed by atoms with van der Waals surface area (Å²) in [6, 6.07) is 0. The zero-order valence-corrected chi connectivity index (χ0v) is 10.3. The maximum atomic E-state index is 11.7. The van der Waals surface area contributed by atoms with Gasteiger partial charge in [-0.15, -0.1) is 0 Å². The van der Waals surface area contributed by atoms with Crippen LogP contribution in [0, 0.1) is 11.3 Å². The third kappa shape index (κ3) is 2.71. The summed E-state index contributed by atoms with van der Waals surface area (Å²) in [4.78, 5) is 13.5. The van der Waals surface area contributed by atoms with Crippen LogP contribution in [0.3, 0.4) is 0 Å². The van der Waals surface area contributed by atoms with Crippen LogP contribution in [0.2, 0.25) is 0 Å². The number of rotatable bonds is 2. The lowest BCUT2D eigenvalue weighted by Crippen LogP contribution is -2.50. The number of nitrogens with zero attached hydrogens (tertiary/aromatic N) is 1. The molecule has 0 aromatic carbocycles. The number of amides is 1. The number of aliphatic hydroxyl groups is 1. The smallest absolute Gasteiger partial charge is 0.251 e. The molecule has 0 aromatic heterocycles. The van der Waals surface area contributed by atoms with Crippen LogP contribution in [0.5, 0.6) is 0 Å². The van der Waals surface area contributed by atoms with Crippen molar-refractivity contribution in [2.24, 2.45) is 11.3 Å². The van der Waals surface area contributed by atoms with Crippen LogP contribution >= 0.6 is 0 Å². The first-order chi connectivity index (χ1) is 6.88. The average Bonchev–Trinajstić information content (AvgIpc) is 2.15. The summed E-state index contributed by atoms with van der Waals surface area (Å²) in [7, 11) is 0. The number of carbonyl (C=O) groups is 1. The number of piperidine rings is 1. The molecule has 0 aromatic rings. The van der Waals surface area contributed by atoms with E-state index in [1.54, 1.807) is 11.8 Å². The van der Waals surface area contributed by atoms with E-state index in [4.69, 9.17) is 0 Å². The van der Waals surface area contributed by atoms with Gasteiger partial charge in [0.25, 0.3) is 5.91 Å². The predicted molar refractivity (Wildman–Crippen MR) is 60.4 cm³/mol. The SMILES string of the molecule is CCC1CCN(C(=O)C(C)O)CC1(C)C. The molecule has 1 aliphatic rings. The Bertz CT molecular complexity index is 236. The normalized spacial score (nSPS) is 27.5. The van der Waals surface area contributed by atoms with Gasteiger partial charge in [-0.25, -0.2) is 0 Å². The van der Waals surface area contributed by atoms with Gasteiger partial charge in [-0.05, 0) is 24.7 Å². The summed E-state index contributed by atoms with van der Waals surface area (Å²) < 4.78 is 0. The molecule has 3 heteroatoms. The second-order valence-corrected chi connectivity index (χ2v) is 5.32. The van der Waals surface area contributed by atoms with Gasteiger partial charge in [0.1, 0.15) is 6.10 Å². The van der Waals surface area contributed by atoms with Crippen LogP contribution in [0.25, 0.3) is 0 Å². The Morgan fingerprint density at radius 2 is 2.20 bits per heavy atom. The number of aliphatic hydroxyl groups excluding tert-OH is 1. The fraction of sp³-hybridized carbons (Fsp3) is 0.917. The highest BCUT2D eigenvalue weighted by Crippen LogP contribution is 2.36. The number of likely N-dealkylation sites (tertiary alicyclic amines) is 1. The van der Waals surface area contributed by atoms with Crippen molar-refractivity contribution in [1.29, 1.82) is 0 Å². The second kappa shape index (κ2) is 4.52. The first-order valence-corrected chi connectivity index (χ1v) is 5.85. The lowest BCUT2D eigenvalue weighted by molar-refractivity contribution is -0.143.